The SMILES string of the molecule is CC(C)[C@H](NC(=O)c1cnn(CC(=O)NC2CCCCC2)c1)C(=O)O. The van der Waals surface area contributed by atoms with Crippen LogP contribution in [0.3, 0.4) is 0 Å². The number of aromatic nitrogens is 2. The Hall–Kier alpha value is -2.38. The summed E-state index contributed by atoms with van der Waals surface area (Å²) in [5.74, 6) is -1.96. The van der Waals surface area contributed by atoms with Crippen LogP contribution in [0.2, 0.25) is 0 Å². The number of rotatable bonds is 7. The third-order valence-electron chi connectivity index (χ3n) is 4.39. The van der Waals surface area contributed by atoms with Crippen molar-refractivity contribution in [1.82, 2.24) is 20.4 Å². The van der Waals surface area contributed by atoms with Gasteiger partial charge >= 0.3 is 5.97 Å². The molecular formula is C17H26N4O4. The van der Waals surface area contributed by atoms with E-state index in [2.05, 4.69) is 15.7 Å². The van der Waals surface area contributed by atoms with Crippen molar-refractivity contribution in [3.8, 4) is 0 Å². The first-order valence-electron chi connectivity index (χ1n) is 8.72. The van der Waals surface area contributed by atoms with Crippen molar-refractivity contribution < 1.29 is 19.5 Å². The maximum atomic E-state index is 12.2. The molecule has 1 aromatic rings. The second-order valence-electron chi connectivity index (χ2n) is 6.86. The fourth-order valence-electron chi connectivity index (χ4n) is 2.97. The van der Waals surface area contributed by atoms with E-state index in [0.717, 1.165) is 25.7 Å². The van der Waals surface area contributed by atoms with Gasteiger partial charge in [-0.25, -0.2) is 4.79 Å². The highest BCUT2D eigenvalue weighted by molar-refractivity contribution is 5.96. The highest BCUT2D eigenvalue weighted by Crippen LogP contribution is 2.17. The van der Waals surface area contributed by atoms with Crippen LogP contribution in [0, 0.1) is 5.92 Å². The van der Waals surface area contributed by atoms with Crippen molar-refractivity contribution in [2.75, 3.05) is 0 Å². The van der Waals surface area contributed by atoms with Gasteiger partial charge in [-0.2, -0.15) is 5.10 Å². The van der Waals surface area contributed by atoms with E-state index >= 15 is 0 Å². The van der Waals surface area contributed by atoms with E-state index in [1.807, 2.05) is 0 Å². The quantitative estimate of drug-likeness (QED) is 0.683. The summed E-state index contributed by atoms with van der Waals surface area (Å²) in [5, 5.41) is 18.6. The average Bonchev–Trinajstić information content (AvgIpc) is 3.01. The summed E-state index contributed by atoms with van der Waals surface area (Å²) in [5.41, 5.74) is 0.234. The second kappa shape index (κ2) is 8.64. The molecule has 1 fully saturated rings. The number of nitrogens with zero attached hydrogens (tertiary/aromatic N) is 2. The molecule has 1 saturated carbocycles. The molecule has 0 spiro atoms. The predicted molar refractivity (Wildman–Crippen MR) is 91.0 cm³/mol. The Morgan fingerprint density at radius 2 is 1.96 bits per heavy atom. The molecule has 1 aliphatic carbocycles. The fourth-order valence-corrected chi connectivity index (χ4v) is 2.97. The van der Waals surface area contributed by atoms with Gasteiger partial charge in [0.1, 0.15) is 12.6 Å². The number of nitrogens with one attached hydrogen (secondary N) is 2. The lowest BCUT2D eigenvalue weighted by Gasteiger charge is -2.22. The van der Waals surface area contributed by atoms with E-state index < -0.39 is 17.9 Å². The van der Waals surface area contributed by atoms with Gasteiger partial charge in [-0.1, -0.05) is 33.1 Å². The molecule has 8 heteroatoms. The van der Waals surface area contributed by atoms with E-state index in [-0.39, 0.29) is 30.0 Å². The minimum atomic E-state index is -1.08. The van der Waals surface area contributed by atoms with Gasteiger partial charge in [-0.05, 0) is 18.8 Å². The molecule has 0 radical (unpaired) electrons. The average molecular weight is 350 g/mol. The molecule has 25 heavy (non-hydrogen) atoms. The third-order valence-corrected chi connectivity index (χ3v) is 4.39. The predicted octanol–water partition coefficient (Wildman–Crippen LogP) is 1.17. The van der Waals surface area contributed by atoms with Gasteiger partial charge in [0.15, 0.2) is 0 Å². The summed E-state index contributed by atoms with van der Waals surface area (Å²) in [7, 11) is 0. The molecule has 1 aromatic heterocycles. The molecule has 2 rings (SSSR count). The zero-order chi connectivity index (χ0) is 18.4. The van der Waals surface area contributed by atoms with Crippen LogP contribution in [-0.2, 0) is 16.1 Å². The van der Waals surface area contributed by atoms with Crippen molar-refractivity contribution in [2.45, 2.75) is 64.6 Å². The molecule has 2 amide bonds. The summed E-state index contributed by atoms with van der Waals surface area (Å²) in [6.45, 7) is 3.48. The van der Waals surface area contributed by atoms with Gasteiger partial charge < -0.3 is 15.7 Å². The van der Waals surface area contributed by atoms with Crippen LogP contribution in [-0.4, -0.2) is 44.8 Å². The largest absolute Gasteiger partial charge is 0.480 e. The van der Waals surface area contributed by atoms with Gasteiger partial charge in [0.25, 0.3) is 5.91 Å². The molecule has 0 aromatic carbocycles. The number of aliphatic carboxylic acids is 1. The van der Waals surface area contributed by atoms with Crippen LogP contribution in [0.1, 0.15) is 56.3 Å². The standard InChI is InChI=1S/C17H26N4O4/c1-11(2)15(17(24)25)20-16(23)12-8-18-21(9-12)10-14(22)19-13-6-4-3-5-7-13/h8-9,11,13,15H,3-7,10H2,1-2H3,(H,19,22)(H,20,23)(H,24,25)/t15-/m0/s1. The Bertz CT molecular complexity index is 620. The van der Waals surface area contributed by atoms with Crippen LogP contribution in [0.5, 0.6) is 0 Å². The second-order valence-corrected chi connectivity index (χ2v) is 6.86. The maximum Gasteiger partial charge on any atom is 0.326 e. The number of carboxylic acid groups (broad SMARTS) is 1. The first-order chi connectivity index (χ1) is 11.9. The summed E-state index contributed by atoms with van der Waals surface area (Å²) in [6.07, 6.45) is 8.29. The smallest absolute Gasteiger partial charge is 0.326 e. The molecule has 0 bridgehead atoms. The number of carbonyl (C=O) groups excluding carboxylic acids is 2. The number of carbonyl (C=O) groups is 3. The summed E-state index contributed by atoms with van der Waals surface area (Å²) >= 11 is 0. The van der Waals surface area contributed by atoms with E-state index in [1.165, 1.54) is 23.5 Å². The summed E-state index contributed by atoms with van der Waals surface area (Å²) in [6, 6.07) is -0.743. The van der Waals surface area contributed by atoms with Crippen LogP contribution >= 0.6 is 0 Å². The lowest BCUT2D eigenvalue weighted by Crippen LogP contribution is -2.44. The molecule has 0 saturated heterocycles. The van der Waals surface area contributed by atoms with E-state index in [1.54, 1.807) is 13.8 Å². The Kier molecular flexibility index (Phi) is 6.55. The third kappa shape index (κ3) is 5.58. The number of carboxylic acids is 1. The van der Waals surface area contributed by atoms with Crippen LogP contribution < -0.4 is 10.6 Å². The Morgan fingerprint density at radius 3 is 2.56 bits per heavy atom. The minimum Gasteiger partial charge on any atom is -0.480 e. The molecular weight excluding hydrogens is 324 g/mol. The Morgan fingerprint density at radius 1 is 1.28 bits per heavy atom. The first-order valence-corrected chi connectivity index (χ1v) is 8.72. The number of amides is 2. The number of hydrogen-bond donors (Lipinski definition) is 3. The molecule has 1 aliphatic rings. The fraction of sp³-hybridized carbons (Fsp3) is 0.647. The van der Waals surface area contributed by atoms with E-state index in [4.69, 9.17) is 5.11 Å². The first kappa shape index (κ1) is 19.0. The van der Waals surface area contributed by atoms with Crippen LogP contribution in [0.15, 0.2) is 12.4 Å². The van der Waals surface area contributed by atoms with E-state index in [0.29, 0.717) is 0 Å². The zero-order valence-corrected chi connectivity index (χ0v) is 14.7. The van der Waals surface area contributed by atoms with E-state index in [9.17, 15) is 14.4 Å². The van der Waals surface area contributed by atoms with Gasteiger partial charge in [0.05, 0.1) is 11.8 Å². The van der Waals surface area contributed by atoms with Crippen molar-refractivity contribution in [2.24, 2.45) is 5.92 Å². The zero-order valence-electron chi connectivity index (χ0n) is 14.7. The highest BCUT2D eigenvalue weighted by atomic mass is 16.4. The van der Waals surface area contributed by atoms with Gasteiger partial charge in [0, 0.05) is 12.2 Å². The van der Waals surface area contributed by atoms with Crippen molar-refractivity contribution in [3.63, 3.8) is 0 Å². The summed E-state index contributed by atoms with van der Waals surface area (Å²) < 4.78 is 1.39. The highest BCUT2D eigenvalue weighted by Gasteiger charge is 2.24. The molecule has 0 unspecified atom stereocenters. The lowest BCUT2D eigenvalue weighted by molar-refractivity contribution is -0.140. The topological polar surface area (TPSA) is 113 Å². The molecule has 1 atom stereocenters. The Balaban J connectivity index is 1.89. The van der Waals surface area contributed by atoms with Crippen LogP contribution in [0.4, 0.5) is 0 Å². The maximum absolute atomic E-state index is 12.2. The molecule has 8 nitrogen and oxygen atoms in total. The van der Waals surface area contributed by atoms with Gasteiger partial charge in [0.2, 0.25) is 5.91 Å². The lowest BCUT2D eigenvalue weighted by atomic mass is 9.95. The molecule has 138 valence electrons. The normalized spacial score (nSPS) is 16.4. The monoisotopic (exact) mass is 350 g/mol. The molecule has 3 N–H and O–H groups in total. The molecule has 1 heterocycles. The van der Waals surface area contributed by atoms with Crippen molar-refractivity contribution >= 4 is 17.8 Å². The van der Waals surface area contributed by atoms with Gasteiger partial charge in [-0.15, -0.1) is 0 Å². The van der Waals surface area contributed by atoms with Gasteiger partial charge in [-0.3, -0.25) is 14.3 Å². The molecule has 0 aliphatic heterocycles. The van der Waals surface area contributed by atoms with Crippen molar-refractivity contribution in [3.05, 3.63) is 18.0 Å². The van der Waals surface area contributed by atoms with Crippen LogP contribution in [0.25, 0.3) is 0 Å². The number of hydrogen-bond acceptors (Lipinski definition) is 4. The van der Waals surface area contributed by atoms with Crippen molar-refractivity contribution in [1.29, 1.82) is 0 Å². The summed E-state index contributed by atoms with van der Waals surface area (Å²) in [4.78, 5) is 35.4. The Labute approximate surface area is 147 Å². The minimum absolute atomic E-state index is 0.0380.